The maximum atomic E-state index is 10.2. The van der Waals surface area contributed by atoms with E-state index in [1.54, 1.807) is 18.2 Å². The molecular formula is C11H12O3. The van der Waals surface area contributed by atoms with Gasteiger partial charge in [-0.15, -0.1) is 0 Å². The molecule has 0 amide bonds. The zero-order chi connectivity index (χ0) is 10.4. The summed E-state index contributed by atoms with van der Waals surface area (Å²) in [6.07, 6.45) is 1.75. The van der Waals surface area contributed by atoms with Gasteiger partial charge in [-0.3, -0.25) is 4.79 Å². The van der Waals surface area contributed by atoms with Crippen LogP contribution in [0.1, 0.15) is 12.0 Å². The van der Waals surface area contributed by atoms with Gasteiger partial charge in [-0.2, -0.15) is 0 Å². The summed E-state index contributed by atoms with van der Waals surface area (Å²) in [5, 5.41) is 8.38. The van der Waals surface area contributed by atoms with Gasteiger partial charge in [-0.1, -0.05) is 24.8 Å². The molecule has 0 radical (unpaired) electrons. The lowest BCUT2D eigenvalue weighted by molar-refractivity contribution is -0.137. The number of ether oxygens (including phenoxy) is 1. The van der Waals surface area contributed by atoms with Crippen molar-refractivity contribution in [1.29, 1.82) is 0 Å². The quantitative estimate of drug-likeness (QED) is 0.777. The molecular weight excluding hydrogens is 180 g/mol. The minimum absolute atomic E-state index is 0.0171. The molecule has 0 atom stereocenters. The fraction of sp³-hybridized carbons (Fsp3) is 0.182. The molecule has 1 N–H and O–H groups in total. The van der Waals surface area contributed by atoms with Gasteiger partial charge in [0.15, 0.2) is 0 Å². The molecule has 0 unspecified atom stereocenters. The van der Waals surface area contributed by atoms with Crippen LogP contribution in [0.15, 0.2) is 30.8 Å². The third kappa shape index (κ3) is 3.31. The van der Waals surface area contributed by atoms with Gasteiger partial charge >= 0.3 is 5.97 Å². The number of hydrogen-bond acceptors (Lipinski definition) is 2. The SMILES string of the molecule is C=Cc1ccc(OCCC(=O)O)cc1. The van der Waals surface area contributed by atoms with Crippen molar-refractivity contribution >= 4 is 12.0 Å². The first-order valence-corrected chi connectivity index (χ1v) is 4.29. The predicted molar refractivity (Wildman–Crippen MR) is 54.3 cm³/mol. The third-order valence-corrected chi connectivity index (χ3v) is 1.70. The Labute approximate surface area is 82.6 Å². The van der Waals surface area contributed by atoms with Crippen molar-refractivity contribution < 1.29 is 14.6 Å². The standard InChI is InChI=1S/C11H12O3/c1-2-9-3-5-10(6-4-9)14-8-7-11(12)13/h2-6H,1,7-8H2,(H,12,13). The zero-order valence-corrected chi connectivity index (χ0v) is 7.77. The Morgan fingerprint density at radius 3 is 2.57 bits per heavy atom. The summed E-state index contributed by atoms with van der Waals surface area (Å²) in [4.78, 5) is 10.2. The maximum Gasteiger partial charge on any atom is 0.306 e. The molecule has 0 aliphatic heterocycles. The fourth-order valence-electron chi connectivity index (χ4n) is 0.956. The van der Waals surface area contributed by atoms with Crippen molar-refractivity contribution in [1.82, 2.24) is 0 Å². The van der Waals surface area contributed by atoms with E-state index in [4.69, 9.17) is 9.84 Å². The molecule has 1 aromatic carbocycles. The fourth-order valence-corrected chi connectivity index (χ4v) is 0.956. The van der Waals surface area contributed by atoms with E-state index in [1.165, 1.54) is 0 Å². The Bertz CT molecular complexity index is 314. The van der Waals surface area contributed by atoms with Crippen molar-refractivity contribution in [3.8, 4) is 5.75 Å². The van der Waals surface area contributed by atoms with Crippen molar-refractivity contribution in [2.24, 2.45) is 0 Å². The average Bonchev–Trinajstić information content (AvgIpc) is 2.18. The lowest BCUT2D eigenvalue weighted by Crippen LogP contribution is -2.04. The highest BCUT2D eigenvalue weighted by Gasteiger charge is 1.97. The highest BCUT2D eigenvalue weighted by atomic mass is 16.5. The highest BCUT2D eigenvalue weighted by molar-refractivity contribution is 5.66. The molecule has 0 aromatic heterocycles. The summed E-state index contributed by atoms with van der Waals surface area (Å²) in [6.45, 7) is 3.82. The van der Waals surface area contributed by atoms with Crippen LogP contribution in [-0.4, -0.2) is 17.7 Å². The topological polar surface area (TPSA) is 46.5 Å². The van der Waals surface area contributed by atoms with Crippen LogP contribution in [0.25, 0.3) is 6.08 Å². The summed E-state index contributed by atoms with van der Waals surface area (Å²) in [7, 11) is 0. The number of hydrogen-bond donors (Lipinski definition) is 1. The molecule has 0 aliphatic carbocycles. The molecule has 0 saturated heterocycles. The van der Waals surface area contributed by atoms with Gasteiger partial charge in [0.25, 0.3) is 0 Å². The van der Waals surface area contributed by atoms with E-state index >= 15 is 0 Å². The second-order valence-electron chi connectivity index (χ2n) is 2.77. The number of carbonyl (C=O) groups is 1. The predicted octanol–water partition coefficient (Wildman–Crippen LogP) is 2.18. The van der Waals surface area contributed by atoms with Crippen molar-refractivity contribution in [3.05, 3.63) is 36.4 Å². The smallest absolute Gasteiger partial charge is 0.306 e. The summed E-state index contributed by atoms with van der Waals surface area (Å²) >= 11 is 0. The van der Waals surface area contributed by atoms with E-state index < -0.39 is 5.97 Å². The van der Waals surface area contributed by atoms with E-state index in [1.807, 2.05) is 12.1 Å². The van der Waals surface area contributed by atoms with Crippen LogP contribution in [0.5, 0.6) is 5.75 Å². The molecule has 74 valence electrons. The Balaban J connectivity index is 2.43. The summed E-state index contributed by atoms with van der Waals surface area (Å²) in [5.74, 6) is -0.176. The van der Waals surface area contributed by atoms with Gasteiger partial charge in [0.05, 0.1) is 13.0 Å². The highest BCUT2D eigenvalue weighted by Crippen LogP contribution is 2.12. The van der Waals surface area contributed by atoms with Gasteiger partial charge in [0.2, 0.25) is 0 Å². The largest absolute Gasteiger partial charge is 0.493 e. The van der Waals surface area contributed by atoms with E-state index in [0.717, 1.165) is 5.56 Å². The van der Waals surface area contributed by atoms with E-state index in [0.29, 0.717) is 5.75 Å². The minimum Gasteiger partial charge on any atom is -0.493 e. The lowest BCUT2D eigenvalue weighted by Gasteiger charge is -2.03. The molecule has 0 fully saturated rings. The normalized spacial score (nSPS) is 9.43. The number of carboxylic acids is 1. The molecule has 3 nitrogen and oxygen atoms in total. The molecule has 14 heavy (non-hydrogen) atoms. The molecule has 0 aliphatic rings. The Morgan fingerprint density at radius 2 is 2.07 bits per heavy atom. The third-order valence-electron chi connectivity index (χ3n) is 1.70. The van der Waals surface area contributed by atoms with E-state index in [9.17, 15) is 4.79 Å². The lowest BCUT2D eigenvalue weighted by atomic mass is 10.2. The van der Waals surface area contributed by atoms with Crippen LogP contribution in [0.3, 0.4) is 0 Å². The first-order valence-electron chi connectivity index (χ1n) is 4.29. The average molecular weight is 192 g/mol. The monoisotopic (exact) mass is 192 g/mol. The maximum absolute atomic E-state index is 10.2. The second kappa shape index (κ2) is 5.07. The van der Waals surface area contributed by atoms with E-state index in [-0.39, 0.29) is 13.0 Å². The van der Waals surface area contributed by atoms with Crippen molar-refractivity contribution in [2.45, 2.75) is 6.42 Å². The number of rotatable bonds is 5. The first-order chi connectivity index (χ1) is 6.72. The van der Waals surface area contributed by atoms with Crippen LogP contribution in [0.4, 0.5) is 0 Å². The number of aliphatic carboxylic acids is 1. The van der Waals surface area contributed by atoms with Gasteiger partial charge in [-0.05, 0) is 17.7 Å². The van der Waals surface area contributed by atoms with Crippen molar-refractivity contribution in [3.63, 3.8) is 0 Å². The van der Waals surface area contributed by atoms with Gasteiger partial charge in [-0.25, -0.2) is 0 Å². The van der Waals surface area contributed by atoms with Gasteiger partial charge in [0, 0.05) is 0 Å². The Morgan fingerprint density at radius 1 is 1.43 bits per heavy atom. The molecule has 1 rings (SSSR count). The zero-order valence-electron chi connectivity index (χ0n) is 7.77. The number of benzene rings is 1. The van der Waals surface area contributed by atoms with Gasteiger partial charge in [0.1, 0.15) is 5.75 Å². The van der Waals surface area contributed by atoms with E-state index in [2.05, 4.69) is 6.58 Å². The molecule has 3 heteroatoms. The molecule has 1 aromatic rings. The number of carboxylic acid groups (broad SMARTS) is 1. The summed E-state index contributed by atoms with van der Waals surface area (Å²) < 4.78 is 5.20. The Kier molecular flexibility index (Phi) is 3.73. The molecule has 0 bridgehead atoms. The molecule has 0 heterocycles. The molecule has 0 saturated carbocycles. The summed E-state index contributed by atoms with van der Waals surface area (Å²) in [6, 6.07) is 7.31. The van der Waals surface area contributed by atoms with Gasteiger partial charge < -0.3 is 9.84 Å². The van der Waals surface area contributed by atoms with Crippen LogP contribution in [0, 0.1) is 0 Å². The van der Waals surface area contributed by atoms with Crippen LogP contribution in [-0.2, 0) is 4.79 Å². The van der Waals surface area contributed by atoms with Crippen LogP contribution < -0.4 is 4.74 Å². The van der Waals surface area contributed by atoms with Crippen molar-refractivity contribution in [2.75, 3.05) is 6.61 Å². The second-order valence-corrected chi connectivity index (χ2v) is 2.77. The van der Waals surface area contributed by atoms with Crippen LogP contribution in [0.2, 0.25) is 0 Å². The molecule has 0 spiro atoms. The summed E-state index contributed by atoms with van der Waals surface area (Å²) in [5.41, 5.74) is 1.01. The first kappa shape index (κ1) is 10.3. The Hall–Kier alpha value is -1.77. The minimum atomic E-state index is -0.854. The van der Waals surface area contributed by atoms with Crippen LogP contribution >= 0.6 is 0 Å².